The minimum absolute atomic E-state index is 0.104. The first-order valence-corrected chi connectivity index (χ1v) is 9.01. The zero-order valence-corrected chi connectivity index (χ0v) is 16.0. The van der Waals surface area contributed by atoms with E-state index in [1.165, 1.54) is 0 Å². The Morgan fingerprint density at radius 3 is 1.76 bits per heavy atom. The first-order valence-electron chi connectivity index (χ1n) is 9.01. The lowest BCUT2D eigenvalue weighted by Crippen LogP contribution is -2.00. The summed E-state index contributed by atoms with van der Waals surface area (Å²) in [5, 5.41) is 18.9. The molecular formula is C23H19N3O3. The first-order chi connectivity index (χ1) is 14.2. The second-order valence-electron chi connectivity index (χ2n) is 6.31. The van der Waals surface area contributed by atoms with Gasteiger partial charge in [-0.05, 0) is 60.7 Å². The van der Waals surface area contributed by atoms with E-state index in [9.17, 15) is 5.11 Å². The number of aromatic nitrogens is 3. The molecule has 29 heavy (non-hydrogen) atoms. The first kappa shape index (κ1) is 18.4. The monoisotopic (exact) mass is 385 g/mol. The molecule has 0 fully saturated rings. The molecule has 0 saturated heterocycles. The van der Waals surface area contributed by atoms with E-state index in [0.717, 1.165) is 22.6 Å². The lowest BCUT2D eigenvalue weighted by Gasteiger charge is -2.11. The highest BCUT2D eigenvalue weighted by molar-refractivity contribution is 5.79. The van der Waals surface area contributed by atoms with Gasteiger partial charge in [0.25, 0.3) is 0 Å². The third kappa shape index (κ3) is 3.73. The zero-order chi connectivity index (χ0) is 20.2. The maximum Gasteiger partial charge on any atom is 0.186 e. The van der Waals surface area contributed by atoms with Gasteiger partial charge in [0, 0.05) is 11.1 Å². The molecule has 6 nitrogen and oxygen atoms in total. The molecule has 0 aliphatic rings. The highest BCUT2D eigenvalue weighted by Gasteiger charge is 2.16. The molecule has 3 aromatic carbocycles. The number of rotatable bonds is 5. The minimum atomic E-state index is 0.104. The summed E-state index contributed by atoms with van der Waals surface area (Å²) in [5.41, 5.74) is 3.54. The smallest absolute Gasteiger partial charge is 0.186 e. The fourth-order valence-electron chi connectivity index (χ4n) is 3.00. The Labute approximate surface area is 168 Å². The number of ether oxygens (including phenoxy) is 2. The molecule has 0 spiro atoms. The van der Waals surface area contributed by atoms with Crippen LogP contribution >= 0.6 is 0 Å². The quantitative estimate of drug-likeness (QED) is 0.541. The SMILES string of the molecule is COc1ccc(-c2nnc(-c3ccccc3O)nc2-c2ccc(OC)cc2)cc1. The van der Waals surface area contributed by atoms with Crippen LogP contribution < -0.4 is 9.47 Å². The molecule has 1 N–H and O–H groups in total. The van der Waals surface area contributed by atoms with Gasteiger partial charge in [0.05, 0.1) is 19.8 Å². The number of hydrogen-bond acceptors (Lipinski definition) is 6. The van der Waals surface area contributed by atoms with E-state index in [-0.39, 0.29) is 5.75 Å². The third-order valence-electron chi connectivity index (χ3n) is 4.56. The average Bonchev–Trinajstić information content (AvgIpc) is 2.79. The number of methoxy groups -OCH3 is 2. The molecule has 1 aromatic heterocycles. The lowest BCUT2D eigenvalue weighted by atomic mass is 10.0. The summed E-state index contributed by atoms with van der Waals surface area (Å²) in [7, 11) is 3.25. The van der Waals surface area contributed by atoms with Gasteiger partial charge in [-0.1, -0.05) is 12.1 Å². The third-order valence-corrected chi connectivity index (χ3v) is 4.56. The van der Waals surface area contributed by atoms with Crippen LogP contribution in [-0.4, -0.2) is 34.5 Å². The molecular weight excluding hydrogens is 366 g/mol. The van der Waals surface area contributed by atoms with Crippen molar-refractivity contribution in [3.63, 3.8) is 0 Å². The predicted molar refractivity (Wildman–Crippen MR) is 111 cm³/mol. The summed E-state index contributed by atoms with van der Waals surface area (Å²) >= 11 is 0. The second-order valence-corrected chi connectivity index (χ2v) is 6.31. The van der Waals surface area contributed by atoms with Crippen molar-refractivity contribution in [2.24, 2.45) is 0 Å². The number of phenolic OH excluding ortho intramolecular Hbond substituents is 1. The van der Waals surface area contributed by atoms with Crippen molar-refractivity contribution in [2.75, 3.05) is 14.2 Å². The van der Waals surface area contributed by atoms with Gasteiger partial charge < -0.3 is 14.6 Å². The van der Waals surface area contributed by atoms with Crippen LogP contribution in [0.1, 0.15) is 0 Å². The van der Waals surface area contributed by atoms with Crippen LogP contribution in [0.3, 0.4) is 0 Å². The molecule has 4 aromatic rings. The van der Waals surface area contributed by atoms with E-state index < -0.39 is 0 Å². The molecule has 0 bridgehead atoms. The maximum atomic E-state index is 10.2. The summed E-state index contributed by atoms with van der Waals surface area (Å²) < 4.78 is 10.5. The largest absolute Gasteiger partial charge is 0.507 e. The number of phenols is 1. The summed E-state index contributed by atoms with van der Waals surface area (Å²) in [6.07, 6.45) is 0. The zero-order valence-electron chi connectivity index (χ0n) is 16.0. The molecule has 0 saturated carbocycles. The number of hydrogen-bond donors (Lipinski definition) is 1. The van der Waals surface area contributed by atoms with Gasteiger partial charge in [0.2, 0.25) is 0 Å². The lowest BCUT2D eigenvalue weighted by molar-refractivity contribution is 0.414. The van der Waals surface area contributed by atoms with Gasteiger partial charge in [0.1, 0.15) is 28.6 Å². The number of para-hydroxylation sites is 1. The molecule has 0 unspecified atom stereocenters. The summed E-state index contributed by atoms with van der Waals surface area (Å²) in [4.78, 5) is 4.74. The van der Waals surface area contributed by atoms with Crippen LogP contribution in [0.4, 0.5) is 0 Å². The number of benzene rings is 3. The maximum absolute atomic E-state index is 10.2. The molecule has 0 radical (unpaired) electrons. The Balaban J connectivity index is 1.88. The van der Waals surface area contributed by atoms with Gasteiger partial charge >= 0.3 is 0 Å². The normalized spacial score (nSPS) is 10.6. The Kier molecular flexibility index (Phi) is 5.07. The van der Waals surface area contributed by atoms with E-state index >= 15 is 0 Å². The highest BCUT2D eigenvalue weighted by Crippen LogP contribution is 2.33. The minimum Gasteiger partial charge on any atom is -0.507 e. The Hall–Kier alpha value is -3.93. The fraction of sp³-hybridized carbons (Fsp3) is 0.0870. The van der Waals surface area contributed by atoms with Crippen LogP contribution in [0.2, 0.25) is 0 Å². The molecule has 4 rings (SSSR count). The molecule has 6 heteroatoms. The molecule has 0 aliphatic carbocycles. The van der Waals surface area contributed by atoms with Crippen LogP contribution in [0.5, 0.6) is 17.2 Å². The van der Waals surface area contributed by atoms with Crippen molar-refractivity contribution >= 4 is 0 Å². The second kappa shape index (κ2) is 7.98. The number of aromatic hydroxyl groups is 1. The van der Waals surface area contributed by atoms with Crippen molar-refractivity contribution < 1.29 is 14.6 Å². The van der Waals surface area contributed by atoms with E-state index in [1.54, 1.807) is 32.4 Å². The molecule has 1 heterocycles. The van der Waals surface area contributed by atoms with Gasteiger partial charge in [-0.15, -0.1) is 10.2 Å². The Morgan fingerprint density at radius 1 is 0.655 bits per heavy atom. The van der Waals surface area contributed by atoms with Crippen LogP contribution in [-0.2, 0) is 0 Å². The molecule has 0 amide bonds. The summed E-state index contributed by atoms with van der Waals surface area (Å²) in [6, 6.07) is 22.1. The van der Waals surface area contributed by atoms with Crippen molar-refractivity contribution in [3.8, 4) is 51.2 Å². The topological polar surface area (TPSA) is 77.4 Å². The van der Waals surface area contributed by atoms with Gasteiger partial charge in [0.15, 0.2) is 5.82 Å². The van der Waals surface area contributed by atoms with Crippen LogP contribution in [0.25, 0.3) is 33.9 Å². The predicted octanol–water partition coefficient (Wildman–Crippen LogP) is 4.60. The van der Waals surface area contributed by atoms with Gasteiger partial charge in [-0.3, -0.25) is 0 Å². The summed E-state index contributed by atoms with van der Waals surface area (Å²) in [5.74, 6) is 1.97. The van der Waals surface area contributed by atoms with Crippen LogP contribution in [0, 0.1) is 0 Å². The van der Waals surface area contributed by atoms with E-state index in [2.05, 4.69) is 10.2 Å². The number of nitrogens with zero attached hydrogens (tertiary/aromatic N) is 3. The molecule has 0 atom stereocenters. The van der Waals surface area contributed by atoms with Crippen molar-refractivity contribution in [1.29, 1.82) is 0 Å². The molecule has 144 valence electrons. The van der Waals surface area contributed by atoms with Crippen LogP contribution in [0.15, 0.2) is 72.8 Å². The van der Waals surface area contributed by atoms with E-state index in [0.29, 0.717) is 22.8 Å². The fourth-order valence-corrected chi connectivity index (χ4v) is 3.00. The highest BCUT2D eigenvalue weighted by atomic mass is 16.5. The van der Waals surface area contributed by atoms with Crippen molar-refractivity contribution in [1.82, 2.24) is 15.2 Å². The standard InChI is InChI=1S/C23H19N3O3/c1-28-17-11-7-15(8-12-17)21-22(16-9-13-18(29-2)14-10-16)25-26-23(24-21)19-5-3-4-6-20(19)27/h3-14,27H,1-2H3. The van der Waals surface area contributed by atoms with E-state index in [4.69, 9.17) is 14.5 Å². The summed E-state index contributed by atoms with van der Waals surface area (Å²) in [6.45, 7) is 0. The van der Waals surface area contributed by atoms with Crippen molar-refractivity contribution in [3.05, 3.63) is 72.8 Å². The van der Waals surface area contributed by atoms with E-state index in [1.807, 2.05) is 54.6 Å². The molecule has 0 aliphatic heterocycles. The van der Waals surface area contributed by atoms with Crippen molar-refractivity contribution in [2.45, 2.75) is 0 Å². The Morgan fingerprint density at radius 2 is 1.21 bits per heavy atom. The van der Waals surface area contributed by atoms with Gasteiger partial charge in [-0.25, -0.2) is 4.98 Å². The van der Waals surface area contributed by atoms with Gasteiger partial charge in [-0.2, -0.15) is 0 Å². The average molecular weight is 385 g/mol. The Bertz CT molecular complexity index is 1130.